The van der Waals surface area contributed by atoms with Crippen LogP contribution < -0.4 is 0 Å². The van der Waals surface area contributed by atoms with Crippen LogP contribution in [0.3, 0.4) is 0 Å². The number of carbonyl (C=O) groups excluding carboxylic acids is 4. The summed E-state index contributed by atoms with van der Waals surface area (Å²) < 4.78 is 68.1. The van der Waals surface area contributed by atoms with E-state index in [4.69, 9.17) is 37.0 Å². The standard InChI is InChI=1S/C83H128O17P2/c1-5-9-13-17-21-25-29-33-36-37-38-39-42-45-48-52-56-60-64-68-81(86)94-74-79(100-83(88)70-66-62-58-54-50-46-41-35-31-27-23-19-15-11-7-3)76-98-102(91,92)96-72-77(84)71-95-101(89,90)97-75-78(99-82(87)69-65-61-57-53-49-43-32-28-24-20-16-12-8-4)73-93-80(85)67-63-59-55-51-47-44-40-34-30-26-22-18-14-10-6-2/h9-11,13-16,20-23,25-28,32-36,38-41,45,47-48,50-51,54,56,60,62,66,77-79,84H,5-8,12,17-19,24,29-31,37,42-44,46,49,52-53,55,57-59,61,63-65,67-76H2,1-4H3,(H,89,90)(H,91,92)/b13-9-,14-10-,15-11-,20-16-,25-21-,26-22-,27-23-,32-28-,36-33-,39-38-,40-34-,41-35-,48-45-,51-47-,54-50-,60-56-,66-62-. The van der Waals surface area contributed by atoms with Crippen LogP contribution in [0.4, 0.5) is 0 Å². The smallest absolute Gasteiger partial charge is 0.462 e. The van der Waals surface area contributed by atoms with E-state index in [9.17, 15) is 43.2 Å². The highest BCUT2D eigenvalue weighted by Gasteiger charge is 2.30. The van der Waals surface area contributed by atoms with Crippen LogP contribution >= 0.6 is 15.6 Å². The van der Waals surface area contributed by atoms with Crippen LogP contribution in [0.5, 0.6) is 0 Å². The number of aliphatic hydroxyl groups excluding tert-OH is 1. The molecule has 0 aromatic rings. The van der Waals surface area contributed by atoms with E-state index >= 15 is 0 Å². The normalized spacial score (nSPS) is 15.1. The number of unbranched alkanes of at least 4 members (excludes halogenated alkanes) is 8. The number of carbonyl (C=O) groups is 4. The molecule has 0 heterocycles. The molecule has 0 bridgehead atoms. The Morgan fingerprint density at radius 3 is 0.951 bits per heavy atom. The second-order valence-electron chi connectivity index (χ2n) is 23.8. The maximum Gasteiger partial charge on any atom is 0.472 e. The second-order valence-corrected chi connectivity index (χ2v) is 26.7. The molecule has 0 spiro atoms. The van der Waals surface area contributed by atoms with Gasteiger partial charge in [-0.2, -0.15) is 0 Å². The predicted octanol–water partition coefficient (Wildman–Crippen LogP) is 21.5. The van der Waals surface area contributed by atoms with Crippen molar-refractivity contribution in [2.45, 2.75) is 251 Å². The maximum absolute atomic E-state index is 13.1. The van der Waals surface area contributed by atoms with Crippen molar-refractivity contribution in [2.75, 3.05) is 39.6 Å². The van der Waals surface area contributed by atoms with E-state index in [1.54, 1.807) is 12.2 Å². The highest BCUT2D eigenvalue weighted by molar-refractivity contribution is 7.47. The van der Waals surface area contributed by atoms with Crippen LogP contribution in [-0.2, 0) is 65.4 Å². The van der Waals surface area contributed by atoms with E-state index in [1.165, 1.54) is 0 Å². The summed E-state index contributed by atoms with van der Waals surface area (Å²) in [6, 6.07) is 0. The summed E-state index contributed by atoms with van der Waals surface area (Å²) in [6.45, 7) is 4.13. The number of ether oxygens (including phenoxy) is 4. The second kappa shape index (κ2) is 73.0. The molecule has 0 saturated carbocycles. The zero-order chi connectivity index (χ0) is 74.6. The van der Waals surface area contributed by atoms with E-state index < -0.39 is 97.5 Å². The molecule has 0 rings (SSSR count). The minimum Gasteiger partial charge on any atom is -0.462 e. The lowest BCUT2D eigenvalue weighted by molar-refractivity contribution is -0.161. The third-order valence-electron chi connectivity index (χ3n) is 14.3. The Kier molecular flexibility index (Phi) is 68.4. The molecule has 19 heteroatoms. The fourth-order valence-electron chi connectivity index (χ4n) is 8.70. The molecule has 17 nitrogen and oxygen atoms in total. The lowest BCUT2D eigenvalue weighted by Gasteiger charge is -2.21. The SMILES string of the molecule is CC/C=C\C/C=C\C/C=C\C/C=C\C/C=C\C/C=C\CCC(=O)OCC(COP(=O)(O)OCC(O)COP(=O)(O)OCC(COC(=O)CCCC/C=C\C/C=C\C/C=C\C/C=C\CC)OC(=O)CCCCCCC/C=C\C/C=C\CCC)OC(=O)C/C=C\C/C=C\C/C=C\C/C=C\C/C=C\CC. The van der Waals surface area contributed by atoms with Crippen LogP contribution in [0.1, 0.15) is 233 Å². The summed E-state index contributed by atoms with van der Waals surface area (Å²) in [5.74, 6) is -2.52. The Bertz CT molecular complexity index is 2750. The van der Waals surface area contributed by atoms with Crippen molar-refractivity contribution < 1.29 is 80.2 Å². The molecule has 0 aliphatic carbocycles. The van der Waals surface area contributed by atoms with Crippen molar-refractivity contribution in [2.24, 2.45) is 0 Å². The number of hydrogen-bond donors (Lipinski definition) is 3. The average Bonchev–Trinajstić information content (AvgIpc) is 0.924. The van der Waals surface area contributed by atoms with Crippen LogP contribution in [0.15, 0.2) is 207 Å². The van der Waals surface area contributed by atoms with Gasteiger partial charge in [0.1, 0.15) is 19.3 Å². The third-order valence-corrected chi connectivity index (χ3v) is 16.2. The van der Waals surface area contributed by atoms with Gasteiger partial charge in [-0.05, 0) is 154 Å². The summed E-state index contributed by atoms with van der Waals surface area (Å²) in [7, 11) is -10.0. The van der Waals surface area contributed by atoms with Crippen molar-refractivity contribution in [3.05, 3.63) is 207 Å². The average molecular weight is 1460 g/mol. The molecule has 5 unspecified atom stereocenters. The van der Waals surface area contributed by atoms with Crippen molar-refractivity contribution in [3.8, 4) is 0 Å². The molecule has 3 N–H and O–H groups in total. The Morgan fingerprint density at radius 2 is 0.569 bits per heavy atom. The van der Waals surface area contributed by atoms with Gasteiger partial charge in [-0.15, -0.1) is 0 Å². The summed E-state index contributed by atoms with van der Waals surface area (Å²) in [5, 5.41) is 10.6. The van der Waals surface area contributed by atoms with Crippen LogP contribution in [0, 0.1) is 0 Å². The van der Waals surface area contributed by atoms with Crippen molar-refractivity contribution in [3.63, 3.8) is 0 Å². The fraction of sp³-hybridized carbons (Fsp3) is 0.542. The summed E-state index contributed by atoms with van der Waals surface area (Å²) in [4.78, 5) is 72.7. The lowest BCUT2D eigenvalue weighted by Crippen LogP contribution is -2.30. The van der Waals surface area contributed by atoms with E-state index in [0.717, 1.165) is 148 Å². The van der Waals surface area contributed by atoms with Crippen LogP contribution in [0.25, 0.3) is 0 Å². The van der Waals surface area contributed by atoms with Gasteiger partial charge >= 0.3 is 39.5 Å². The molecule has 0 amide bonds. The molecule has 572 valence electrons. The van der Waals surface area contributed by atoms with Gasteiger partial charge in [0, 0.05) is 19.3 Å². The molecule has 0 radical (unpaired) electrons. The highest BCUT2D eigenvalue weighted by Crippen LogP contribution is 2.45. The summed E-state index contributed by atoms with van der Waals surface area (Å²) >= 11 is 0. The molecule has 102 heavy (non-hydrogen) atoms. The first-order chi connectivity index (χ1) is 49.7. The minimum atomic E-state index is -5.03. The number of phosphoric ester groups is 2. The van der Waals surface area contributed by atoms with Gasteiger partial charge < -0.3 is 33.8 Å². The number of allylic oxidation sites excluding steroid dienone is 33. The number of rotatable bonds is 67. The first-order valence-electron chi connectivity index (χ1n) is 37.3. The molecule has 0 aliphatic heterocycles. The van der Waals surface area contributed by atoms with Crippen molar-refractivity contribution in [1.29, 1.82) is 0 Å². The molecule has 5 atom stereocenters. The zero-order valence-corrected chi connectivity index (χ0v) is 64.0. The van der Waals surface area contributed by atoms with Gasteiger partial charge in [0.2, 0.25) is 0 Å². The summed E-state index contributed by atoms with van der Waals surface area (Å²) in [6.07, 6.45) is 90.2. The van der Waals surface area contributed by atoms with Crippen LogP contribution in [0.2, 0.25) is 0 Å². The molecule has 0 aromatic heterocycles. The predicted molar refractivity (Wildman–Crippen MR) is 417 cm³/mol. The minimum absolute atomic E-state index is 0.00662. The van der Waals surface area contributed by atoms with E-state index in [0.29, 0.717) is 32.1 Å². The first-order valence-corrected chi connectivity index (χ1v) is 40.3. The largest absolute Gasteiger partial charge is 0.472 e. The Hall–Kier alpha value is -6.36. The number of hydrogen-bond acceptors (Lipinski definition) is 15. The quantitative estimate of drug-likeness (QED) is 0.0169. The van der Waals surface area contributed by atoms with Gasteiger partial charge in [-0.25, -0.2) is 9.13 Å². The maximum atomic E-state index is 13.1. The van der Waals surface area contributed by atoms with Crippen molar-refractivity contribution in [1.82, 2.24) is 0 Å². The fourth-order valence-corrected chi connectivity index (χ4v) is 10.3. The highest BCUT2D eigenvalue weighted by atomic mass is 31.2. The van der Waals surface area contributed by atoms with Gasteiger partial charge in [0.15, 0.2) is 12.2 Å². The Labute approximate surface area is 614 Å². The van der Waals surface area contributed by atoms with Gasteiger partial charge in [0.25, 0.3) is 0 Å². The molecule has 0 fully saturated rings. The van der Waals surface area contributed by atoms with Crippen LogP contribution in [-0.4, -0.2) is 96.7 Å². The first kappa shape index (κ1) is 95.6. The van der Waals surface area contributed by atoms with E-state index in [2.05, 4.69) is 192 Å². The monoisotopic (exact) mass is 1460 g/mol. The molecular weight excluding hydrogens is 1330 g/mol. The van der Waals surface area contributed by atoms with Gasteiger partial charge in [0.05, 0.1) is 32.8 Å². The van der Waals surface area contributed by atoms with Gasteiger partial charge in [-0.1, -0.05) is 260 Å². The van der Waals surface area contributed by atoms with E-state index in [1.807, 2.05) is 30.4 Å². The van der Waals surface area contributed by atoms with E-state index in [-0.39, 0.29) is 25.7 Å². The number of phosphoric acid groups is 2. The molecule has 0 saturated heterocycles. The summed E-state index contributed by atoms with van der Waals surface area (Å²) in [5.41, 5.74) is 0. The number of aliphatic hydroxyl groups is 1. The number of esters is 4. The van der Waals surface area contributed by atoms with Crippen molar-refractivity contribution >= 4 is 39.5 Å². The topological polar surface area (TPSA) is 237 Å². The Morgan fingerprint density at radius 1 is 0.294 bits per heavy atom. The Balaban J connectivity index is 5.55. The molecular formula is C83H128O17P2. The zero-order valence-electron chi connectivity index (χ0n) is 62.2. The molecule has 0 aliphatic rings. The lowest BCUT2D eigenvalue weighted by atomic mass is 10.1. The van der Waals surface area contributed by atoms with Gasteiger partial charge in [-0.3, -0.25) is 37.3 Å². The third kappa shape index (κ3) is 72.0. The molecule has 0 aromatic carbocycles.